The van der Waals surface area contributed by atoms with Crippen molar-refractivity contribution in [1.82, 2.24) is 4.90 Å². The van der Waals surface area contributed by atoms with Gasteiger partial charge >= 0.3 is 18.2 Å². The minimum Gasteiger partial charge on any atom is -0.453 e. The predicted octanol–water partition coefficient (Wildman–Crippen LogP) is 1.67. The summed E-state index contributed by atoms with van der Waals surface area (Å²) < 4.78 is 19.3. The number of amides is 1. The van der Waals surface area contributed by atoms with Crippen LogP contribution in [0.1, 0.15) is 33.6 Å². The van der Waals surface area contributed by atoms with Crippen LogP contribution in [-0.4, -0.2) is 55.2 Å². The molecule has 1 saturated heterocycles. The second kappa shape index (κ2) is 7.26. The van der Waals surface area contributed by atoms with Crippen molar-refractivity contribution in [3.63, 3.8) is 0 Å². The van der Waals surface area contributed by atoms with E-state index in [9.17, 15) is 14.4 Å². The summed E-state index contributed by atoms with van der Waals surface area (Å²) in [5.74, 6) is -0.910. The zero-order valence-corrected chi connectivity index (χ0v) is 12.7. The monoisotopic (exact) mass is 303 g/mol. The number of ether oxygens (including phenoxy) is 4. The highest BCUT2D eigenvalue weighted by molar-refractivity contribution is 5.88. The van der Waals surface area contributed by atoms with Crippen molar-refractivity contribution in [2.75, 3.05) is 20.3 Å². The van der Waals surface area contributed by atoms with Crippen LogP contribution in [0.15, 0.2) is 0 Å². The molecule has 0 aliphatic carbocycles. The molecule has 1 aliphatic heterocycles. The van der Waals surface area contributed by atoms with Crippen LogP contribution in [0.2, 0.25) is 0 Å². The van der Waals surface area contributed by atoms with E-state index in [0.717, 1.165) is 11.3 Å². The van der Waals surface area contributed by atoms with E-state index >= 15 is 0 Å². The number of hydrogen-bond acceptors (Lipinski definition) is 7. The molecule has 8 heteroatoms. The third kappa shape index (κ3) is 4.32. The number of nitrogens with zero attached hydrogens (tertiary/aromatic N) is 1. The molecular formula is C13H21NO7. The molecular weight excluding hydrogens is 282 g/mol. The molecule has 0 aromatic heterocycles. The normalized spacial score (nSPS) is 20.0. The van der Waals surface area contributed by atoms with Crippen molar-refractivity contribution >= 4 is 18.2 Å². The maximum Gasteiger partial charge on any atom is 0.516 e. The Hall–Kier alpha value is -1.83. The number of unbranched alkanes of at least 4 members (excludes halogenated alkanes) is 1. The lowest BCUT2D eigenvalue weighted by Crippen LogP contribution is -2.51. The van der Waals surface area contributed by atoms with E-state index in [2.05, 4.69) is 9.47 Å². The molecule has 1 heterocycles. The molecule has 1 fully saturated rings. The highest BCUT2D eigenvalue weighted by atomic mass is 16.7. The lowest BCUT2D eigenvalue weighted by Gasteiger charge is -2.30. The van der Waals surface area contributed by atoms with E-state index in [1.807, 2.05) is 6.92 Å². The smallest absolute Gasteiger partial charge is 0.453 e. The van der Waals surface area contributed by atoms with Crippen LogP contribution in [0.5, 0.6) is 0 Å². The van der Waals surface area contributed by atoms with E-state index in [4.69, 9.17) is 9.47 Å². The Morgan fingerprint density at radius 2 is 2.00 bits per heavy atom. The second-order valence-corrected chi connectivity index (χ2v) is 4.99. The van der Waals surface area contributed by atoms with Gasteiger partial charge in [-0.1, -0.05) is 13.3 Å². The molecule has 0 aromatic rings. The molecule has 0 radical (unpaired) electrons. The van der Waals surface area contributed by atoms with Crippen LogP contribution in [0, 0.1) is 0 Å². The van der Waals surface area contributed by atoms with Crippen molar-refractivity contribution < 1.29 is 33.3 Å². The lowest BCUT2D eigenvalue weighted by atomic mass is 10.2. The van der Waals surface area contributed by atoms with E-state index in [1.54, 1.807) is 13.8 Å². The third-order valence-electron chi connectivity index (χ3n) is 3.03. The fraction of sp³-hybridized carbons (Fsp3) is 0.769. The van der Waals surface area contributed by atoms with E-state index in [1.165, 1.54) is 7.11 Å². The summed E-state index contributed by atoms with van der Waals surface area (Å²) in [5, 5.41) is 0. The van der Waals surface area contributed by atoms with E-state index in [-0.39, 0.29) is 13.2 Å². The maximum atomic E-state index is 12.0. The van der Waals surface area contributed by atoms with Crippen molar-refractivity contribution in [3.05, 3.63) is 0 Å². The van der Waals surface area contributed by atoms with Gasteiger partial charge in [-0.2, -0.15) is 0 Å². The van der Waals surface area contributed by atoms with E-state index < -0.39 is 30.0 Å². The van der Waals surface area contributed by atoms with Crippen molar-refractivity contribution in [2.24, 2.45) is 0 Å². The van der Waals surface area contributed by atoms with Crippen LogP contribution in [-0.2, 0) is 23.7 Å². The van der Waals surface area contributed by atoms with Gasteiger partial charge in [0.2, 0.25) is 0 Å². The second-order valence-electron chi connectivity index (χ2n) is 4.99. The molecule has 0 bridgehead atoms. The zero-order valence-electron chi connectivity index (χ0n) is 12.7. The van der Waals surface area contributed by atoms with Gasteiger partial charge in [0.1, 0.15) is 5.72 Å². The molecule has 0 spiro atoms. The van der Waals surface area contributed by atoms with Gasteiger partial charge in [0.25, 0.3) is 0 Å². The van der Waals surface area contributed by atoms with Crippen LogP contribution < -0.4 is 0 Å². The standard InChI is InChI=1S/C13H21NO7/c1-5-6-7-19-12(17)21-10(15)9-8-20-13(2,3)14(9)11(16)18-4/h9H,5-8H2,1-4H3/t9-/m0/s1. The van der Waals surface area contributed by atoms with Gasteiger partial charge in [-0.05, 0) is 20.3 Å². The molecule has 0 unspecified atom stereocenters. The van der Waals surface area contributed by atoms with Crippen LogP contribution >= 0.6 is 0 Å². The predicted molar refractivity (Wildman–Crippen MR) is 70.4 cm³/mol. The summed E-state index contributed by atoms with van der Waals surface area (Å²) in [7, 11) is 1.19. The van der Waals surface area contributed by atoms with Gasteiger partial charge in [0.15, 0.2) is 6.04 Å². The minimum atomic E-state index is -1.08. The number of carbonyl (C=O) groups is 3. The molecule has 1 amide bonds. The Bertz CT molecular complexity index is 407. The first-order valence-electron chi connectivity index (χ1n) is 6.73. The quantitative estimate of drug-likeness (QED) is 0.443. The summed E-state index contributed by atoms with van der Waals surface area (Å²) in [4.78, 5) is 36.1. The molecule has 0 aromatic carbocycles. The highest BCUT2D eigenvalue weighted by Gasteiger charge is 2.49. The van der Waals surface area contributed by atoms with Gasteiger partial charge in [0.05, 0.1) is 20.3 Å². The Kier molecular flexibility index (Phi) is 5.95. The Balaban J connectivity index is 2.64. The number of esters is 1. The molecule has 120 valence electrons. The SMILES string of the molecule is CCCCOC(=O)OC(=O)[C@@H]1COC(C)(C)N1C(=O)OC. The van der Waals surface area contributed by atoms with Crippen molar-refractivity contribution in [3.8, 4) is 0 Å². The molecule has 1 atom stereocenters. The van der Waals surface area contributed by atoms with Crippen molar-refractivity contribution in [2.45, 2.75) is 45.4 Å². The van der Waals surface area contributed by atoms with Crippen LogP contribution in [0.3, 0.4) is 0 Å². The summed E-state index contributed by atoms with van der Waals surface area (Å²) in [6, 6.07) is -1.05. The van der Waals surface area contributed by atoms with Gasteiger partial charge in [-0.25, -0.2) is 14.4 Å². The van der Waals surface area contributed by atoms with Gasteiger partial charge < -0.3 is 18.9 Å². The topological polar surface area (TPSA) is 91.4 Å². The van der Waals surface area contributed by atoms with Crippen LogP contribution in [0.4, 0.5) is 9.59 Å². The maximum absolute atomic E-state index is 12.0. The molecule has 21 heavy (non-hydrogen) atoms. The first-order chi connectivity index (χ1) is 9.83. The molecule has 8 nitrogen and oxygen atoms in total. The zero-order chi connectivity index (χ0) is 16.0. The minimum absolute atomic E-state index is 0.0802. The Morgan fingerprint density at radius 1 is 1.33 bits per heavy atom. The molecule has 0 N–H and O–H groups in total. The van der Waals surface area contributed by atoms with Crippen LogP contribution in [0.25, 0.3) is 0 Å². The van der Waals surface area contributed by atoms with Crippen molar-refractivity contribution in [1.29, 1.82) is 0 Å². The molecule has 1 aliphatic rings. The average Bonchev–Trinajstić information content (AvgIpc) is 2.74. The number of rotatable bonds is 4. The van der Waals surface area contributed by atoms with Gasteiger partial charge in [0, 0.05) is 0 Å². The summed E-state index contributed by atoms with van der Waals surface area (Å²) >= 11 is 0. The van der Waals surface area contributed by atoms with Gasteiger partial charge in [-0.15, -0.1) is 0 Å². The number of hydrogen-bond donors (Lipinski definition) is 0. The fourth-order valence-corrected chi connectivity index (χ4v) is 1.90. The Morgan fingerprint density at radius 3 is 2.57 bits per heavy atom. The first kappa shape index (κ1) is 17.2. The molecule has 1 rings (SSSR count). The van der Waals surface area contributed by atoms with Gasteiger partial charge in [-0.3, -0.25) is 4.90 Å². The highest BCUT2D eigenvalue weighted by Crippen LogP contribution is 2.28. The first-order valence-corrected chi connectivity index (χ1v) is 6.73. The summed E-state index contributed by atoms with van der Waals surface area (Å²) in [5.41, 5.74) is -1.02. The number of methoxy groups -OCH3 is 1. The van der Waals surface area contributed by atoms with E-state index in [0.29, 0.717) is 6.42 Å². The largest absolute Gasteiger partial charge is 0.516 e. The number of carbonyl (C=O) groups excluding carboxylic acids is 3. The summed E-state index contributed by atoms with van der Waals surface area (Å²) in [6.07, 6.45) is -0.291. The molecule has 0 saturated carbocycles. The fourth-order valence-electron chi connectivity index (χ4n) is 1.90. The lowest BCUT2D eigenvalue weighted by molar-refractivity contribution is -0.145. The average molecular weight is 303 g/mol. The third-order valence-corrected chi connectivity index (χ3v) is 3.03. The Labute approximate surface area is 123 Å². The summed E-state index contributed by atoms with van der Waals surface area (Å²) in [6.45, 7) is 5.25.